The quantitative estimate of drug-likeness (QED) is 0.552. The Kier molecular flexibility index (Phi) is 6.15. The number of nitrogen functional groups attached to an aromatic ring is 1. The first-order valence-corrected chi connectivity index (χ1v) is 11.2. The summed E-state index contributed by atoms with van der Waals surface area (Å²) in [6.07, 6.45) is 2.64. The fourth-order valence-electron chi connectivity index (χ4n) is 4.14. The van der Waals surface area contributed by atoms with E-state index in [9.17, 15) is 9.18 Å². The Balaban J connectivity index is 1.60. The number of likely N-dealkylation sites (tertiary alicyclic amines) is 1. The van der Waals surface area contributed by atoms with Gasteiger partial charge in [0.2, 0.25) is 0 Å². The van der Waals surface area contributed by atoms with Crippen molar-refractivity contribution in [2.45, 2.75) is 52.2 Å². The number of hydrogen-bond acceptors (Lipinski definition) is 5. The van der Waals surface area contributed by atoms with Crippen LogP contribution in [0.5, 0.6) is 5.75 Å². The summed E-state index contributed by atoms with van der Waals surface area (Å²) in [6.45, 7) is 8.56. The Bertz CT molecular complexity index is 1160. The third kappa shape index (κ3) is 5.18. The van der Waals surface area contributed by atoms with Gasteiger partial charge in [0.25, 0.3) is 0 Å². The van der Waals surface area contributed by atoms with E-state index in [1.807, 2.05) is 45.9 Å². The number of aromatic nitrogens is 1. The number of hydrogen-bond donors (Lipinski definition) is 1. The van der Waals surface area contributed by atoms with Crippen LogP contribution in [0.4, 0.5) is 15.0 Å². The van der Waals surface area contributed by atoms with E-state index in [0.717, 1.165) is 21.9 Å². The maximum Gasteiger partial charge on any atom is 0.410 e. The third-order valence-electron chi connectivity index (χ3n) is 5.72. The van der Waals surface area contributed by atoms with Crippen LogP contribution < -0.4 is 10.5 Å². The molecular weight excluding hydrogens is 421 g/mol. The van der Waals surface area contributed by atoms with Crippen molar-refractivity contribution in [3.63, 3.8) is 0 Å². The highest BCUT2D eigenvalue weighted by molar-refractivity contribution is 5.94. The normalized spacial score (nSPS) is 15.0. The Hall–Kier alpha value is -3.35. The van der Waals surface area contributed by atoms with E-state index in [0.29, 0.717) is 43.1 Å². The molecule has 0 bridgehead atoms. The van der Waals surface area contributed by atoms with Crippen molar-refractivity contribution < 1.29 is 18.7 Å². The molecule has 0 radical (unpaired) electrons. The fourth-order valence-corrected chi connectivity index (χ4v) is 4.14. The van der Waals surface area contributed by atoms with Crippen molar-refractivity contribution in [3.8, 4) is 16.9 Å². The minimum atomic E-state index is -0.525. The number of benzene rings is 2. The number of nitrogens with zero attached hydrogens (tertiary/aromatic N) is 2. The van der Waals surface area contributed by atoms with Crippen LogP contribution in [0, 0.1) is 12.7 Å². The first-order chi connectivity index (χ1) is 15.6. The Morgan fingerprint density at radius 3 is 2.58 bits per heavy atom. The molecule has 1 aromatic heterocycles. The summed E-state index contributed by atoms with van der Waals surface area (Å²) in [5.74, 6) is 0.742. The average molecular weight is 452 g/mol. The number of fused-ring (bicyclic) bond motifs is 1. The van der Waals surface area contributed by atoms with Gasteiger partial charge in [0, 0.05) is 48.5 Å². The summed E-state index contributed by atoms with van der Waals surface area (Å²) < 4.78 is 26.6. The second-order valence-corrected chi connectivity index (χ2v) is 9.52. The molecule has 0 aliphatic carbocycles. The number of pyridine rings is 1. The van der Waals surface area contributed by atoms with Crippen molar-refractivity contribution >= 4 is 22.7 Å². The van der Waals surface area contributed by atoms with Gasteiger partial charge in [0.05, 0.1) is 0 Å². The van der Waals surface area contributed by atoms with E-state index >= 15 is 0 Å². The van der Waals surface area contributed by atoms with Crippen LogP contribution in [0.1, 0.15) is 39.2 Å². The van der Waals surface area contributed by atoms with E-state index in [2.05, 4.69) is 4.98 Å². The molecule has 1 fully saturated rings. The Labute approximate surface area is 193 Å². The topological polar surface area (TPSA) is 77.7 Å². The maximum absolute atomic E-state index is 14.7. The highest BCUT2D eigenvalue weighted by atomic mass is 19.1. The van der Waals surface area contributed by atoms with Crippen LogP contribution in [0.25, 0.3) is 21.9 Å². The summed E-state index contributed by atoms with van der Waals surface area (Å²) in [5.41, 5.74) is 7.53. The van der Waals surface area contributed by atoms with Crippen LogP contribution in [-0.2, 0) is 4.74 Å². The van der Waals surface area contributed by atoms with E-state index in [4.69, 9.17) is 15.2 Å². The van der Waals surface area contributed by atoms with Crippen LogP contribution in [0.15, 0.2) is 42.6 Å². The predicted octanol–water partition coefficient (Wildman–Crippen LogP) is 5.71. The molecule has 2 aromatic carbocycles. The molecule has 4 rings (SSSR count). The molecule has 3 aromatic rings. The molecule has 0 spiro atoms. The highest BCUT2D eigenvalue weighted by Crippen LogP contribution is 2.36. The van der Waals surface area contributed by atoms with Crippen molar-refractivity contribution in [3.05, 3.63) is 54.0 Å². The second kappa shape index (κ2) is 8.89. The number of halogens is 1. The zero-order valence-corrected chi connectivity index (χ0v) is 19.5. The number of nitrogens with two attached hydrogens (primary N) is 1. The van der Waals surface area contributed by atoms with Gasteiger partial charge in [-0.2, -0.15) is 0 Å². The molecule has 1 aliphatic rings. The molecular formula is C26H30FN3O3. The minimum absolute atomic E-state index is 0.0850. The molecule has 2 heterocycles. The minimum Gasteiger partial charge on any atom is -0.490 e. The monoisotopic (exact) mass is 451 g/mol. The van der Waals surface area contributed by atoms with Gasteiger partial charge in [-0.3, -0.25) is 0 Å². The van der Waals surface area contributed by atoms with E-state index in [1.54, 1.807) is 23.2 Å². The zero-order chi connectivity index (χ0) is 23.8. The van der Waals surface area contributed by atoms with Crippen molar-refractivity contribution in [1.82, 2.24) is 9.88 Å². The van der Waals surface area contributed by atoms with Gasteiger partial charge in [0.1, 0.15) is 29.1 Å². The maximum atomic E-state index is 14.7. The van der Waals surface area contributed by atoms with Gasteiger partial charge >= 0.3 is 6.09 Å². The lowest BCUT2D eigenvalue weighted by atomic mass is 9.97. The average Bonchev–Trinajstić information content (AvgIpc) is 2.73. The molecule has 174 valence electrons. The van der Waals surface area contributed by atoms with Crippen LogP contribution in [0.2, 0.25) is 0 Å². The summed E-state index contributed by atoms with van der Waals surface area (Å²) in [5, 5.41) is 1.65. The lowest BCUT2D eigenvalue weighted by Crippen LogP contribution is -2.44. The van der Waals surface area contributed by atoms with Crippen molar-refractivity contribution in [2.24, 2.45) is 0 Å². The lowest BCUT2D eigenvalue weighted by Gasteiger charge is -2.33. The number of ether oxygens (including phenoxy) is 2. The Morgan fingerprint density at radius 2 is 1.91 bits per heavy atom. The molecule has 1 saturated heterocycles. The second-order valence-electron chi connectivity index (χ2n) is 9.52. The molecule has 1 amide bonds. The Morgan fingerprint density at radius 1 is 1.18 bits per heavy atom. The first-order valence-electron chi connectivity index (χ1n) is 11.2. The van der Waals surface area contributed by atoms with E-state index in [1.165, 1.54) is 6.07 Å². The van der Waals surface area contributed by atoms with Crippen molar-refractivity contribution in [1.29, 1.82) is 0 Å². The number of aryl methyl sites for hydroxylation is 1. The number of anilines is 1. The standard InChI is InChI=1S/C26H30FN3O3/c1-16-6-5-7-21(27)24(16)17-12-18-15-29-23(28)14-20(18)22(13-17)32-19-8-10-30(11-9-19)25(31)33-26(2,3)4/h5-7,12-15,19H,8-11H2,1-4H3,(H2,28,29). The zero-order valence-electron chi connectivity index (χ0n) is 19.5. The summed E-state index contributed by atoms with van der Waals surface area (Å²) >= 11 is 0. The van der Waals surface area contributed by atoms with Gasteiger partial charge in [-0.25, -0.2) is 14.2 Å². The van der Waals surface area contributed by atoms with Crippen LogP contribution >= 0.6 is 0 Å². The molecule has 6 nitrogen and oxygen atoms in total. The fraction of sp³-hybridized carbons (Fsp3) is 0.385. The highest BCUT2D eigenvalue weighted by Gasteiger charge is 2.28. The predicted molar refractivity (Wildman–Crippen MR) is 128 cm³/mol. The van der Waals surface area contributed by atoms with Gasteiger partial charge in [-0.1, -0.05) is 12.1 Å². The van der Waals surface area contributed by atoms with Gasteiger partial charge in [-0.15, -0.1) is 0 Å². The van der Waals surface area contributed by atoms with Gasteiger partial charge in [0.15, 0.2) is 0 Å². The van der Waals surface area contributed by atoms with Crippen LogP contribution in [0.3, 0.4) is 0 Å². The number of carbonyl (C=O) groups excluding carboxylic acids is 1. The number of amides is 1. The third-order valence-corrected chi connectivity index (χ3v) is 5.72. The lowest BCUT2D eigenvalue weighted by molar-refractivity contribution is 0.0128. The number of piperidine rings is 1. The van der Waals surface area contributed by atoms with E-state index < -0.39 is 5.60 Å². The summed E-state index contributed by atoms with van der Waals surface area (Å²) in [6, 6.07) is 10.6. The van der Waals surface area contributed by atoms with Gasteiger partial charge < -0.3 is 20.1 Å². The summed E-state index contributed by atoms with van der Waals surface area (Å²) in [7, 11) is 0. The molecule has 0 unspecified atom stereocenters. The molecule has 2 N–H and O–H groups in total. The van der Waals surface area contributed by atoms with Gasteiger partial charge in [-0.05, 0) is 63.1 Å². The molecule has 7 heteroatoms. The van der Waals surface area contributed by atoms with E-state index in [-0.39, 0.29) is 18.0 Å². The number of carbonyl (C=O) groups is 1. The van der Waals surface area contributed by atoms with Crippen LogP contribution in [-0.4, -0.2) is 40.8 Å². The van der Waals surface area contributed by atoms with Crippen molar-refractivity contribution in [2.75, 3.05) is 18.8 Å². The number of rotatable bonds is 3. The molecule has 33 heavy (non-hydrogen) atoms. The SMILES string of the molecule is Cc1cccc(F)c1-c1cc(OC2CCN(C(=O)OC(C)(C)C)CC2)c2cc(N)ncc2c1. The largest absolute Gasteiger partial charge is 0.490 e. The first kappa shape index (κ1) is 22.8. The smallest absolute Gasteiger partial charge is 0.410 e. The molecule has 1 aliphatic heterocycles. The molecule has 0 atom stereocenters. The molecule has 0 saturated carbocycles. The summed E-state index contributed by atoms with van der Waals surface area (Å²) in [4.78, 5) is 18.3.